The van der Waals surface area contributed by atoms with Gasteiger partial charge in [-0.15, -0.1) is 11.3 Å². The van der Waals surface area contributed by atoms with Crippen LogP contribution in [0.4, 0.5) is 4.39 Å². The Balaban J connectivity index is 1.79. The first-order valence-corrected chi connectivity index (χ1v) is 8.37. The van der Waals surface area contributed by atoms with Gasteiger partial charge in [0, 0.05) is 4.88 Å². The van der Waals surface area contributed by atoms with Crippen LogP contribution in [0, 0.1) is 5.82 Å². The molecule has 6 heteroatoms. The van der Waals surface area contributed by atoms with Crippen LogP contribution in [-0.4, -0.2) is 11.8 Å². The minimum Gasteiger partial charge on any atom is -0.368 e. The van der Waals surface area contributed by atoms with E-state index in [4.69, 9.17) is 5.73 Å². The molecule has 0 saturated carbocycles. The van der Waals surface area contributed by atoms with Crippen LogP contribution in [0.1, 0.15) is 21.3 Å². The van der Waals surface area contributed by atoms with Crippen LogP contribution in [0.5, 0.6) is 0 Å². The van der Waals surface area contributed by atoms with Gasteiger partial charge in [-0.3, -0.25) is 9.59 Å². The molecular formula is C19H15FN2O2S. The molecule has 3 aromatic rings. The summed E-state index contributed by atoms with van der Waals surface area (Å²) in [4.78, 5) is 25.4. The van der Waals surface area contributed by atoms with Crippen molar-refractivity contribution in [3.8, 4) is 10.4 Å². The van der Waals surface area contributed by atoms with Crippen molar-refractivity contribution < 1.29 is 14.0 Å². The van der Waals surface area contributed by atoms with E-state index in [1.807, 2.05) is 6.07 Å². The van der Waals surface area contributed by atoms with E-state index in [-0.39, 0.29) is 11.7 Å². The van der Waals surface area contributed by atoms with Gasteiger partial charge in [0.05, 0.1) is 4.88 Å². The van der Waals surface area contributed by atoms with Crippen LogP contribution in [0.15, 0.2) is 66.7 Å². The minimum atomic E-state index is -0.898. The van der Waals surface area contributed by atoms with E-state index in [2.05, 4.69) is 5.32 Å². The maximum Gasteiger partial charge on any atom is 0.262 e. The number of nitrogens with one attached hydrogen (secondary N) is 1. The molecule has 0 radical (unpaired) electrons. The molecule has 126 valence electrons. The van der Waals surface area contributed by atoms with Crippen LogP contribution in [0.2, 0.25) is 0 Å². The van der Waals surface area contributed by atoms with Crippen LogP contribution >= 0.6 is 11.3 Å². The lowest BCUT2D eigenvalue weighted by molar-refractivity contribution is -0.120. The van der Waals surface area contributed by atoms with Crippen molar-refractivity contribution in [2.75, 3.05) is 0 Å². The fourth-order valence-corrected chi connectivity index (χ4v) is 3.31. The van der Waals surface area contributed by atoms with E-state index < -0.39 is 11.9 Å². The normalized spacial score (nSPS) is 11.7. The highest BCUT2D eigenvalue weighted by Gasteiger charge is 2.21. The second-order valence-electron chi connectivity index (χ2n) is 5.39. The molecule has 4 nitrogen and oxygen atoms in total. The molecule has 3 N–H and O–H groups in total. The Morgan fingerprint density at radius 2 is 1.64 bits per heavy atom. The number of rotatable bonds is 5. The van der Waals surface area contributed by atoms with Gasteiger partial charge in [-0.2, -0.15) is 0 Å². The van der Waals surface area contributed by atoms with Crippen molar-refractivity contribution in [3.63, 3.8) is 0 Å². The van der Waals surface area contributed by atoms with Crippen molar-refractivity contribution in [2.24, 2.45) is 5.73 Å². The quantitative estimate of drug-likeness (QED) is 0.736. The summed E-state index contributed by atoms with van der Waals surface area (Å²) in [6.07, 6.45) is 0. The van der Waals surface area contributed by atoms with Crippen LogP contribution in [0.3, 0.4) is 0 Å². The molecule has 25 heavy (non-hydrogen) atoms. The molecule has 2 aromatic carbocycles. The molecule has 0 aliphatic carbocycles. The van der Waals surface area contributed by atoms with Gasteiger partial charge in [0.15, 0.2) is 0 Å². The fourth-order valence-electron chi connectivity index (χ4n) is 2.40. The van der Waals surface area contributed by atoms with Gasteiger partial charge < -0.3 is 11.1 Å². The number of carbonyl (C=O) groups excluding carboxylic acids is 2. The summed E-state index contributed by atoms with van der Waals surface area (Å²) < 4.78 is 13.0. The number of benzene rings is 2. The lowest BCUT2D eigenvalue weighted by Crippen LogP contribution is -2.37. The van der Waals surface area contributed by atoms with E-state index >= 15 is 0 Å². The first-order valence-electron chi connectivity index (χ1n) is 7.55. The fraction of sp³-hybridized carbons (Fsp3) is 0.0526. The highest BCUT2D eigenvalue weighted by molar-refractivity contribution is 7.17. The first kappa shape index (κ1) is 16.9. The lowest BCUT2D eigenvalue weighted by Gasteiger charge is -2.15. The number of primary amides is 1. The van der Waals surface area contributed by atoms with Gasteiger partial charge in [0.25, 0.3) is 5.91 Å². The predicted molar refractivity (Wildman–Crippen MR) is 95.6 cm³/mol. The number of amides is 2. The Morgan fingerprint density at radius 3 is 2.28 bits per heavy atom. The average Bonchev–Trinajstić information content (AvgIpc) is 3.11. The maximum atomic E-state index is 13.0. The van der Waals surface area contributed by atoms with Crippen molar-refractivity contribution >= 4 is 23.2 Å². The van der Waals surface area contributed by atoms with Crippen molar-refractivity contribution in [2.45, 2.75) is 6.04 Å². The summed E-state index contributed by atoms with van der Waals surface area (Å²) in [7, 11) is 0. The van der Waals surface area contributed by atoms with Gasteiger partial charge >= 0.3 is 0 Å². The number of hydrogen-bond donors (Lipinski definition) is 2. The van der Waals surface area contributed by atoms with Crippen LogP contribution in [0.25, 0.3) is 10.4 Å². The zero-order valence-electron chi connectivity index (χ0n) is 13.1. The zero-order valence-corrected chi connectivity index (χ0v) is 13.9. The molecule has 2 amide bonds. The molecule has 1 unspecified atom stereocenters. The van der Waals surface area contributed by atoms with Crippen molar-refractivity contribution in [1.29, 1.82) is 0 Å². The molecule has 0 fully saturated rings. The minimum absolute atomic E-state index is 0.314. The molecule has 0 saturated heterocycles. The Hall–Kier alpha value is -2.99. The van der Waals surface area contributed by atoms with Gasteiger partial charge in [-0.1, -0.05) is 42.5 Å². The van der Waals surface area contributed by atoms with Crippen LogP contribution in [-0.2, 0) is 4.79 Å². The highest BCUT2D eigenvalue weighted by Crippen LogP contribution is 2.28. The molecule has 0 aliphatic rings. The standard InChI is InChI=1S/C19H15FN2O2S/c20-14-8-6-12(7-9-14)15-10-11-16(25-15)19(24)22-17(18(21)23)13-4-2-1-3-5-13/h1-11,17H,(H2,21,23)(H,22,24). The number of thiophene rings is 1. The Labute approximate surface area is 148 Å². The summed E-state index contributed by atoms with van der Waals surface area (Å²) in [5.41, 5.74) is 6.86. The summed E-state index contributed by atoms with van der Waals surface area (Å²) in [5.74, 6) is -1.33. The molecule has 1 atom stereocenters. The third kappa shape index (κ3) is 3.92. The van der Waals surface area contributed by atoms with E-state index in [1.165, 1.54) is 23.5 Å². The zero-order chi connectivity index (χ0) is 17.8. The Kier molecular flexibility index (Phi) is 4.90. The molecular weight excluding hydrogens is 339 g/mol. The summed E-state index contributed by atoms with van der Waals surface area (Å²) in [5, 5.41) is 2.66. The van der Waals surface area contributed by atoms with E-state index in [0.717, 1.165) is 10.4 Å². The Bertz CT molecular complexity index is 891. The van der Waals surface area contributed by atoms with Crippen molar-refractivity contribution in [1.82, 2.24) is 5.32 Å². The highest BCUT2D eigenvalue weighted by atomic mass is 32.1. The molecule has 0 bridgehead atoms. The second-order valence-corrected chi connectivity index (χ2v) is 6.47. The van der Waals surface area contributed by atoms with Crippen LogP contribution < -0.4 is 11.1 Å². The molecule has 1 aromatic heterocycles. The lowest BCUT2D eigenvalue weighted by atomic mass is 10.1. The third-order valence-corrected chi connectivity index (χ3v) is 4.78. The first-order chi connectivity index (χ1) is 12.0. The average molecular weight is 354 g/mol. The van der Waals surface area contributed by atoms with E-state index in [1.54, 1.807) is 48.5 Å². The van der Waals surface area contributed by atoms with E-state index in [9.17, 15) is 14.0 Å². The van der Waals surface area contributed by atoms with Gasteiger partial charge in [-0.25, -0.2) is 4.39 Å². The molecule has 1 heterocycles. The van der Waals surface area contributed by atoms with Crippen molar-refractivity contribution in [3.05, 3.63) is 83.0 Å². The summed E-state index contributed by atoms with van der Waals surface area (Å²) in [6.45, 7) is 0. The second kappa shape index (κ2) is 7.27. The van der Waals surface area contributed by atoms with E-state index in [0.29, 0.717) is 10.4 Å². The molecule has 0 spiro atoms. The predicted octanol–water partition coefficient (Wildman–Crippen LogP) is 3.51. The summed E-state index contributed by atoms with van der Waals surface area (Å²) >= 11 is 1.26. The monoisotopic (exact) mass is 354 g/mol. The summed E-state index contributed by atoms with van der Waals surface area (Å²) in [6, 6.07) is 17.4. The SMILES string of the molecule is NC(=O)C(NC(=O)c1ccc(-c2ccc(F)cc2)s1)c1ccccc1. The van der Waals surface area contributed by atoms with Gasteiger partial charge in [0.2, 0.25) is 5.91 Å². The number of hydrogen-bond acceptors (Lipinski definition) is 3. The molecule has 3 rings (SSSR count). The number of nitrogens with two attached hydrogens (primary N) is 1. The van der Waals surface area contributed by atoms with Gasteiger partial charge in [0.1, 0.15) is 11.9 Å². The largest absolute Gasteiger partial charge is 0.368 e. The molecule has 0 aliphatic heterocycles. The third-order valence-electron chi connectivity index (χ3n) is 3.65. The smallest absolute Gasteiger partial charge is 0.262 e. The topological polar surface area (TPSA) is 72.2 Å². The van der Waals surface area contributed by atoms with Gasteiger partial charge in [-0.05, 0) is 35.4 Å². The maximum absolute atomic E-state index is 13.0. The number of carbonyl (C=O) groups is 2. The Morgan fingerprint density at radius 1 is 0.960 bits per heavy atom. The number of halogens is 1.